The van der Waals surface area contributed by atoms with E-state index >= 15 is 0 Å². The summed E-state index contributed by atoms with van der Waals surface area (Å²) in [6.07, 6.45) is 1.72. The zero-order valence-corrected chi connectivity index (χ0v) is 7.92. The van der Waals surface area contributed by atoms with Gasteiger partial charge in [0.2, 0.25) is 5.91 Å². The number of carbonyl (C=O) groups excluding carboxylic acids is 1. The molecular weight excluding hydrogens is 152 g/mol. The summed E-state index contributed by atoms with van der Waals surface area (Å²) in [5.74, 6) is 0.726. The standard InChI is InChI=1S/C9H18N2O/c1-7(2)8(10)6-11-5-3-4-9(11)12/h7-8H,3-6,10H2,1-2H3/t8-/m1/s1. The molecule has 0 aromatic rings. The molecule has 0 unspecified atom stereocenters. The quantitative estimate of drug-likeness (QED) is 0.674. The Kier molecular flexibility index (Phi) is 3.09. The minimum atomic E-state index is 0.132. The first-order valence-corrected chi connectivity index (χ1v) is 4.64. The van der Waals surface area contributed by atoms with Crippen molar-refractivity contribution in [2.24, 2.45) is 11.7 Å². The fraction of sp³-hybridized carbons (Fsp3) is 0.889. The van der Waals surface area contributed by atoms with E-state index in [0.717, 1.165) is 19.5 Å². The van der Waals surface area contributed by atoms with Crippen molar-refractivity contribution in [2.45, 2.75) is 32.7 Å². The number of nitrogens with zero attached hydrogens (tertiary/aromatic N) is 1. The summed E-state index contributed by atoms with van der Waals surface area (Å²) >= 11 is 0. The Morgan fingerprint density at radius 1 is 1.58 bits per heavy atom. The van der Waals surface area contributed by atoms with E-state index in [2.05, 4.69) is 13.8 Å². The number of amides is 1. The number of rotatable bonds is 3. The number of hydrogen-bond acceptors (Lipinski definition) is 2. The van der Waals surface area contributed by atoms with E-state index in [1.165, 1.54) is 0 Å². The van der Waals surface area contributed by atoms with E-state index < -0.39 is 0 Å². The molecule has 0 bridgehead atoms. The predicted molar refractivity (Wildman–Crippen MR) is 48.6 cm³/mol. The molecule has 1 aliphatic heterocycles. The summed E-state index contributed by atoms with van der Waals surface area (Å²) in [6.45, 7) is 5.81. The van der Waals surface area contributed by atoms with Gasteiger partial charge in [-0.05, 0) is 12.3 Å². The number of nitrogens with two attached hydrogens (primary N) is 1. The maximum absolute atomic E-state index is 11.2. The van der Waals surface area contributed by atoms with E-state index in [-0.39, 0.29) is 11.9 Å². The van der Waals surface area contributed by atoms with Gasteiger partial charge in [0.25, 0.3) is 0 Å². The van der Waals surface area contributed by atoms with E-state index in [4.69, 9.17) is 5.73 Å². The first-order valence-electron chi connectivity index (χ1n) is 4.64. The molecule has 1 atom stereocenters. The van der Waals surface area contributed by atoms with Crippen LogP contribution in [0.3, 0.4) is 0 Å². The van der Waals surface area contributed by atoms with Gasteiger partial charge >= 0.3 is 0 Å². The second kappa shape index (κ2) is 3.90. The third-order valence-corrected chi connectivity index (χ3v) is 2.46. The van der Waals surface area contributed by atoms with Gasteiger partial charge in [-0.25, -0.2) is 0 Å². The first-order chi connectivity index (χ1) is 5.61. The summed E-state index contributed by atoms with van der Waals surface area (Å²) in [4.78, 5) is 13.1. The normalized spacial score (nSPS) is 20.7. The molecule has 70 valence electrons. The monoisotopic (exact) mass is 170 g/mol. The molecule has 0 spiro atoms. The highest BCUT2D eigenvalue weighted by Crippen LogP contribution is 2.11. The third-order valence-electron chi connectivity index (χ3n) is 2.46. The van der Waals surface area contributed by atoms with Crippen LogP contribution in [0.25, 0.3) is 0 Å². The van der Waals surface area contributed by atoms with E-state index in [9.17, 15) is 4.79 Å². The van der Waals surface area contributed by atoms with Crippen LogP contribution in [-0.4, -0.2) is 29.9 Å². The van der Waals surface area contributed by atoms with Crippen LogP contribution in [-0.2, 0) is 4.79 Å². The van der Waals surface area contributed by atoms with Crippen molar-refractivity contribution in [2.75, 3.05) is 13.1 Å². The van der Waals surface area contributed by atoms with Crippen LogP contribution in [0.5, 0.6) is 0 Å². The van der Waals surface area contributed by atoms with Gasteiger partial charge in [0.1, 0.15) is 0 Å². The zero-order valence-electron chi connectivity index (χ0n) is 7.92. The summed E-state index contributed by atoms with van der Waals surface area (Å²) < 4.78 is 0. The SMILES string of the molecule is CC(C)[C@H](N)CN1CCCC1=O. The molecular formula is C9H18N2O. The topological polar surface area (TPSA) is 46.3 Å². The smallest absolute Gasteiger partial charge is 0.222 e. The van der Waals surface area contributed by atoms with Gasteiger partial charge in [0.15, 0.2) is 0 Å². The van der Waals surface area contributed by atoms with Crippen LogP contribution in [0.1, 0.15) is 26.7 Å². The fourth-order valence-corrected chi connectivity index (χ4v) is 1.36. The van der Waals surface area contributed by atoms with Gasteiger partial charge in [-0.15, -0.1) is 0 Å². The Balaban J connectivity index is 2.35. The van der Waals surface area contributed by atoms with Gasteiger partial charge in [-0.1, -0.05) is 13.8 Å². The molecule has 3 nitrogen and oxygen atoms in total. The summed E-state index contributed by atoms with van der Waals surface area (Å²) in [5.41, 5.74) is 5.86. The highest BCUT2D eigenvalue weighted by molar-refractivity contribution is 5.78. The van der Waals surface area contributed by atoms with Crippen molar-refractivity contribution in [3.05, 3.63) is 0 Å². The van der Waals surface area contributed by atoms with Gasteiger partial charge < -0.3 is 10.6 Å². The summed E-state index contributed by atoms with van der Waals surface area (Å²) in [6, 6.07) is 0.132. The molecule has 1 fully saturated rings. The van der Waals surface area contributed by atoms with Gasteiger partial charge in [0.05, 0.1) is 0 Å². The molecule has 2 N–H and O–H groups in total. The van der Waals surface area contributed by atoms with Crippen molar-refractivity contribution >= 4 is 5.91 Å². The van der Waals surface area contributed by atoms with Crippen LogP contribution >= 0.6 is 0 Å². The highest BCUT2D eigenvalue weighted by atomic mass is 16.2. The number of hydrogen-bond donors (Lipinski definition) is 1. The van der Waals surface area contributed by atoms with E-state index in [0.29, 0.717) is 12.3 Å². The number of likely N-dealkylation sites (tertiary alicyclic amines) is 1. The fourth-order valence-electron chi connectivity index (χ4n) is 1.36. The largest absolute Gasteiger partial charge is 0.341 e. The average molecular weight is 170 g/mol. The predicted octanol–water partition coefficient (Wildman–Crippen LogP) is 0.592. The molecule has 0 aliphatic carbocycles. The van der Waals surface area contributed by atoms with Crippen molar-refractivity contribution in [3.8, 4) is 0 Å². The highest BCUT2D eigenvalue weighted by Gasteiger charge is 2.22. The maximum Gasteiger partial charge on any atom is 0.222 e. The molecule has 1 amide bonds. The Morgan fingerprint density at radius 2 is 2.25 bits per heavy atom. The number of carbonyl (C=O) groups is 1. The molecule has 1 heterocycles. The molecule has 1 rings (SSSR count). The Bertz CT molecular complexity index is 168. The summed E-state index contributed by atoms with van der Waals surface area (Å²) in [7, 11) is 0. The van der Waals surface area contributed by atoms with Crippen LogP contribution < -0.4 is 5.73 Å². The average Bonchev–Trinajstić information content (AvgIpc) is 2.36. The van der Waals surface area contributed by atoms with Crippen LogP contribution in [0.15, 0.2) is 0 Å². The van der Waals surface area contributed by atoms with Gasteiger partial charge in [-0.3, -0.25) is 4.79 Å². The van der Waals surface area contributed by atoms with Crippen molar-refractivity contribution in [1.29, 1.82) is 0 Å². The van der Waals surface area contributed by atoms with Crippen molar-refractivity contribution in [3.63, 3.8) is 0 Å². The Morgan fingerprint density at radius 3 is 2.67 bits per heavy atom. The molecule has 1 saturated heterocycles. The lowest BCUT2D eigenvalue weighted by Crippen LogP contribution is -2.41. The molecule has 1 aliphatic rings. The van der Waals surface area contributed by atoms with E-state index in [1.807, 2.05) is 4.90 Å². The van der Waals surface area contributed by atoms with Crippen LogP contribution in [0, 0.1) is 5.92 Å². The lowest BCUT2D eigenvalue weighted by Gasteiger charge is -2.22. The maximum atomic E-state index is 11.2. The lowest BCUT2D eigenvalue weighted by molar-refractivity contribution is -0.128. The molecule has 12 heavy (non-hydrogen) atoms. The van der Waals surface area contributed by atoms with Crippen molar-refractivity contribution in [1.82, 2.24) is 4.90 Å². The van der Waals surface area contributed by atoms with Crippen molar-refractivity contribution < 1.29 is 4.79 Å². The molecule has 0 aromatic carbocycles. The molecule has 3 heteroatoms. The molecule has 0 aromatic heterocycles. The van der Waals surface area contributed by atoms with Crippen LogP contribution in [0.2, 0.25) is 0 Å². The third kappa shape index (κ3) is 2.21. The second-order valence-electron chi connectivity index (χ2n) is 3.85. The lowest BCUT2D eigenvalue weighted by atomic mass is 10.1. The molecule has 0 radical (unpaired) electrons. The zero-order chi connectivity index (χ0) is 9.14. The minimum Gasteiger partial charge on any atom is -0.341 e. The van der Waals surface area contributed by atoms with Gasteiger partial charge in [0, 0.05) is 25.6 Å². The molecule has 0 saturated carbocycles. The van der Waals surface area contributed by atoms with E-state index in [1.54, 1.807) is 0 Å². The van der Waals surface area contributed by atoms with Gasteiger partial charge in [-0.2, -0.15) is 0 Å². The first kappa shape index (κ1) is 9.52. The van der Waals surface area contributed by atoms with Crippen LogP contribution in [0.4, 0.5) is 0 Å². The Hall–Kier alpha value is -0.570. The Labute approximate surface area is 73.9 Å². The minimum absolute atomic E-state index is 0.132. The summed E-state index contributed by atoms with van der Waals surface area (Å²) in [5, 5.41) is 0. The second-order valence-corrected chi connectivity index (χ2v) is 3.85.